The largest absolute Gasteiger partial charge is 0.486 e. The Bertz CT molecular complexity index is 1240. The summed E-state index contributed by atoms with van der Waals surface area (Å²) in [7, 11) is 0. The molecule has 0 spiro atoms. The van der Waals surface area contributed by atoms with E-state index in [1.54, 1.807) is 11.0 Å². The number of carbonyl (C=O) groups is 1. The van der Waals surface area contributed by atoms with Crippen molar-refractivity contribution >= 4 is 28.5 Å². The summed E-state index contributed by atoms with van der Waals surface area (Å²) in [5, 5.41) is 4.65. The molecule has 2 N–H and O–H groups in total. The summed E-state index contributed by atoms with van der Waals surface area (Å²) < 4.78 is 11.3. The highest BCUT2D eigenvalue weighted by molar-refractivity contribution is 6.30. The van der Waals surface area contributed by atoms with Crippen LogP contribution in [0.3, 0.4) is 0 Å². The zero-order valence-electron chi connectivity index (χ0n) is 18.9. The van der Waals surface area contributed by atoms with Crippen LogP contribution in [-0.4, -0.2) is 35.2 Å². The van der Waals surface area contributed by atoms with Crippen molar-refractivity contribution < 1.29 is 14.3 Å². The number of urea groups is 1. The molecule has 0 radical (unpaired) electrons. The number of hydrogen-bond acceptors (Lipinski definition) is 4. The van der Waals surface area contributed by atoms with Crippen LogP contribution in [0.25, 0.3) is 10.9 Å². The summed E-state index contributed by atoms with van der Waals surface area (Å²) in [5.41, 5.74) is 1.90. The molecule has 0 atom stereocenters. The van der Waals surface area contributed by atoms with Gasteiger partial charge in [-0.05, 0) is 42.7 Å². The highest BCUT2D eigenvalue weighted by atomic mass is 35.5. The highest BCUT2D eigenvalue weighted by Crippen LogP contribution is 2.33. The summed E-state index contributed by atoms with van der Waals surface area (Å²) in [4.78, 5) is 30.9. The Morgan fingerprint density at radius 3 is 2.44 bits per heavy atom. The van der Waals surface area contributed by atoms with Crippen molar-refractivity contribution in [2.75, 3.05) is 13.2 Å². The van der Waals surface area contributed by atoms with Gasteiger partial charge in [0.05, 0.1) is 12.1 Å². The number of benzene rings is 2. The van der Waals surface area contributed by atoms with E-state index >= 15 is 0 Å². The molecule has 178 valence electrons. The van der Waals surface area contributed by atoms with Gasteiger partial charge < -0.3 is 24.7 Å². The molecule has 0 bridgehead atoms. The molecule has 2 amide bonds. The van der Waals surface area contributed by atoms with Gasteiger partial charge in [-0.3, -0.25) is 4.79 Å². The Balaban J connectivity index is 1.42. The number of pyridine rings is 1. The fourth-order valence-electron chi connectivity index (χ4n) is 4.63. The summed E-state index contributed by atoms with van der Waals surface area (Å²) >= 11 is 6.04. The Morgan fingerprint density at radius 2 is 1.71 bits per heavy atom. The van der Waals surface area contributed by atoms with Crippen LogP contribution in [-0.2, 0) is 13.1 Å². The molecule has 0 unspecified atom stereocenters. The predicted octanol–water partition coefficient (Wildman–Crippen LogP) is 5.00. The van der Waals surface area contributed by atoms with Gasteiger partial charge in [0.1, 0.15) is 13.2 Å². The van der Waals surface area contributed by atoms with Gasteiger partial charge in [0, 0.05) is 34.6 Å². The topological polar surface area (TPSA) is 83.7 Å². The van der Waals surface area contributed by atoms with Gasteiger partial charge >= 0.3 is 6.03 Å². The molecule has 8 heteroatoms. The third kappa shape index (κ3) is 5.14. The first-order chi connectivity index (χ1) is 16.5. The smallest absolute Gasteiger partial charge is 0.318 e. The molecule has 0 saturated heterocycles. The van der Waals surface area contributed by atoms with E-state index in [1.807, 2.05) is 36.4 Å². The van der Waals surface area contributed by atoms with Gasteiger partial charge in [-0.25, -0.2) is 4.79 Å². The first-order valence-corrected chi connectivity index (χ1v) is 12.2. The van der Waals surface area contributed by atoms with Crippen LogP contribution in [0.2, 0.25) is 5.02 Å². The van der Waals surface area contributed by atoms with Crippen LogP contribution >= 0.6 is 11.6 Å². The summed E-state index contributed by atoms with van der Waals surface area (Å²) in [6.07, 6.45) is 5.45. The van der Waals surface area contributed by atoms with Crippen LogP contribution in [0.5, 0.6) is 11.5 Å². The van der Waals surface area contributed by atoms with Crippen molar-refractivity contribution in [2.45, 2.75) is 51.2 Å². The number of amides is 2. The monoisotopic (exact) mass is 481 g/mol. The molecule has 3 aromatic rings. The molecule has 1 saturated carbocycles. The lowest BCUT2D eigenvalue weighted by molar-refractivity contribution is 0.172. The Kier molecular flexibility index (Phi) is 6.63. The molecule has 1 aromatic heterocycles. The van der Waals surface area contributed by atoms with Gasteiger partial charge in [-0.15, -0.1) is 0 Å². The second-order valence-corrected chi connectivity index (χ2v) is 9.41. The zero-order chi connectivity index (χ0) is 23.5. The van der Waals surface area contributed by atoms with E-state index in [9.17, 15) is 9.59 Å². The van der Waals surface area contributed by atoms with Crippen LogP contribution in [0.15, 0.2) is 47.3 Å². The van der Waals surface area contributed by atoms with Crippen LogP contribution in [0.4, 0.5) is 4.79 Å². The molecule has 2 aliphatic rings. The number of rotatable bonds is 5. The summed E-state index contributed by atoms with van der Waals surface area (Å²) in [6.45, 7) is 1.52. The van der Waals surface area contributed by atoms with E-state index in [0.29, 0.717) is 47.4 Å². The van der Waals surface area contributed by atoms with Crippen LogP contribution in [0, 0.1) is 0 Å². The van der Waals surface area contributed by atoms with Crippen molar-refractivity contribution in [1.82, 2.24) is 15.2 Å². The Morgan fingerprint density at radius 1 is 1.00 bits per heavy atom. The van der Waals surface area contributed by atoms with E-state index in [1.165, 1.54) is 6.42 Å². The van der Waals surface area contributed by atoms with Gasteiger partial charge in [-0.1, -0.05) is 43.0 Å². The SMILES string of the molecule is O=C(NC1CCCCC1)N(Cc1ccc(Cl)cc1)Cc1cc2cc3c(cc2[nH]c1=O)OCCO3. The molecule has 1 fully saturated rings. The minimum absolute atomic E-state index is 0.163. The average molecular weight is 482 g/mol. The van der Waals surface area contributed by atoms with Crippen LogP contribution in [0.1, 0.15) is 43.2 Å². The van der Waals surface area contributed by atoms with Crippen molar-refractivity contribution in [3.05, 3.63) is 69.0 Å². The maximum atomic E-state index is 13.3. The first-order valence-electron chi connectivity index (χ1n) is 11.8. The Labute approximate surface area is 203 Å². The third-order valence-corrected chi connectivity index (χ3v) is 6.70. The zero-order valence-corrected chi connectivity index (χ0v) is 19.7. The maximum absolute atomic E-state index is 13.3. The number of aromatic amines is 1. The first kappa shape index (κ1) is 22.6. The van der Waals surface area contributed by atoms with Crippen molar-refractivity contribution in [3.63, 3.8) is 0 Å². The summed E-state index contributed by atoms with van der Waals surface area (Å²) in [6, 6.07) is 12.9. The molecule has 2 aromatic carbocycles. The van der Waals surface area contributed by atoms with Gasteiger partial charge in [-0.2, -0.15) is 0 Å². The van der Waals surface area contributed by atoms with E-state index < -0.39 is 0 Å². The fourth-order valence-corrected chi connectivity index (χ4v) is 4.76. The van der Waals surface area contributed by atoms with E-state index in [4.69, 9.17) is 21.1 Å². The second kappa shape index (κ2) is 9.97. The molecule has 34 heavy (non-hydrogen) atoms. The normalized spacial score (nSPS) is 15.8. The molecule has 2 heterocycles. The number of H-pyrrole nitrogens is 1. The maximum Gasteiger partial charge on any atom is 0.318 e. The number of hydrogen-bond donors (Lipinski definition) is 2. The Hall–Kier alpha value is -3.19. The molecule has 5 rings (SSSR count). The van der Waals surface area contributed by atoms with E-state index in [2.05, 4.69) is 10.3 Å². The number of ether oxygens (including phenoxy) is 2. The standard InChI is InChI=1S/C26H28ClN3O4/c27-20-8-6-17(7-9-20)15-30(26(32)28-21-4-2-1-3-5-21)16-19-12-18-13-23-24(34-11-10-33-23)14-22(18)29-25(19)31/h6-9,12-14,21H,1-5,10-11,15-16H2,(H,28,32)(H,29,31). The molecule has 1 aliphatic carbocycles. The predicted molar refractivity (Wildman–Crippen MR) is 132 cm³/mol. The molecule has 1 aliphatic heterocycles. The van der Waals surface area contributed by atoms with E-state index in [0.717, 1.165) is 36.6 Å². The number of aromatic nitrogens is 1. The minimum atomic E-state index is -0.226. The van der Waals surface area contributed by atoms with Gasteiger partial charge in [0.2, 0.25) is 0 Å². The van der Waals surface area contributed by atoms with Crippen molar-refractivity contribution in [3.8, 4) is 11.5 Å². The van der Waals surface area contributed by atoms with Crippen molar-refractivity contribution in [2.24, 2.45) is 0 Å². The lowest BCUT2D eigenvalue weighted by Crippen LogP contribution is -2.45. The second-order valence-electron chi connectivity index (χ2n) is 8.97. The molecular weight excluding hydrogens is 454 g/mol. The van der Waals surface area contributed by atoms with Gasteiger partial charge in [0.15, 0.2) is 11.5 Å². The van der Waals surface area contributed by atoms with Crippen LogP contribution < -0.4 is 20.3 Å². The number of nitrogens with one attached hydrogen (secondary N) is 2. The van der Waals surface area contributed by atoms with Crippen molar-refractivity contribution in [1.29, 1.82) is 0 Å². The number of halogens is 1. The lowest BCUT2D eigenvalue weighted by atomic mass is 9.96. The fraction of sp³-hybridized carbons (Fsp3) is 0.385. The highest BCUT2D eigenvalue weighted by Gasteiger charge is 2.22. The number of nitrogens with zero attached hydrogens (tertiary/aromatic N) is 1. The molecule has 7 nitrogen and oxygen atoms in total. The number of carbonyl (C=O) groups excluding carboxylic acids is 1. The minimum Gasteiger partial charge on any atom is -0.486 e. The van der Waals surface area contributed by atoms with E-state index in [-0.39, 0.29) is 24.2 Å². The average Bonchev–Trinajstić information content (AvgIpc) is 2.85. The number of fused-ring (bicyclic) bond motifs is 2. The quantitative estimate of drug-likeness (QED) is 0.537. The third-order valence-electron chi connectivity index (χ3n) is 6.45. The summed E-state index contributed by atoms with van der Waals surface area (Å²) in [5.74, 6) is 1.28. The lowest BCUT2D eigenvalue weighted by Gasteiger charge is -2.28. The van der Waals surface area contributed by atoms with Gasteiger partial charge in [0.25, 0.3) is 5.56 Å². The molecular formula is C26H28ClN3O4.